The van der Waals surface area contributed by atoms with Crippen LogP contribution in [0.15, 0.2) is 4.47 Å². The van der Waals surface area contributed by atoms with E-state index in [1.807, 2.05) is 6.92 Å². The Balaban J connectivity index is 2.90. The summed E-state index contributed by atoms with van der Waals surface area (Å²) in [6.45, 7) is 10.9. The van der Waals surface area contributed by atoms with Crippen molar-refractivity contribution in [1.29, 1.82) is 0 Å². The second-order valence-electron chi connectivity index (χ2n) is 4.41. The number of nitrogens with zero attached hydrogens (tertiary/aromatic N) is 2. The highest BCUT2D eigenvalue weighted by Gasteiger charge is 2.14. The van der Waals surface area contributed by atoms with Gasteiger partial charge in [0.05, 0.1) is 15.9 Å². The van der Waals surface area contributed by atoms with Crippen LogP contribution in [0, 0.1) is 19.8 Å². The van der Waals surface area contributed by atoms with E-state index in [9.17, 15) is 0 Å². The number of aromatic nitrogens is 2. The highest BCUT2D eigenvalue weighted by Crippen LogP contribution is 2.25. The van der Waals surface area contributed by atoms with Crippen molar-refractivity contribution < 1.29 is 0 Å². The van der Waals surface area contributed by atoms with Crippen LogP contribution < -0.4 is 0 Å². The lowest BCUT2D eigenvalue weighted by Gasteiger charge is -2.16. The van der Waals surface area contributed by atoms with Gasteiger partial charge in [-0.2, -0.15) is 5.10 Å². The van der Waals surface area contributed by atoms with Crippen molar-refractivity contribution in [3.8, 4) is 0 Å². The average Bonchev–Trinajstić information content (AvgIpc) is 2.32. The molecule has 0 spiro atoms. The molecule has 0 saturated carbocycles. The van der Waals surface area contributed by atoms with Gasteiger partial charge in [0.1, 0.15) is 0 Å². The molecule has 0 aliphatic heterocycles. The molecule has 0 radical (unpaired) electrons. The molecule has 1 aromatic rings. The maximum absolute atomic E-state index is 4.53. The second kappa shape index (κ2) is 4.47. The molecule has 0 amide bonds. The number of hydrogen-bond donors (Lipinski definition) is 0. The van der Waals surface area contributed by atoms with E-state index >= 15 is 0 Å². The van der Waals surface area contributed by atoms with Gasteiger partial charge < -0.3 is 0 Å². The molecule has 0 N–H and O–H groups in total. The molecule has 1 heterocycles. The minimum absolute atomic E-state index is 0.486. The third-order valence-electron chi connectivity index (χ3n) is 2.47. The Morgan fingerprint density at radius 2 is 1.86 bits per heavy atom. The third-order valence-corrected chi connectivity index (χ3v) is 3.61. The maximum Gasteiger partial charge on any atom is 0.0738 e. The summed E-state index contributed by atoms with van der Waals surface area (Å²) in [6, 6.07) is 0.486. The smallest absolute Gasteiger partial charge is 0.0738 e. The number of halogens is 1. The molecule has 80 valence electrons. The van der Waals surface area contributed by atoms with Gasteiger partial charge in [-0.15, -0.1) is 0 Å². The molecule has 0 fully saturated rings. The molecule has 0 aromatic carbocycles. The van der Waals surface area contributed by atoms with Crippen LogP contribution in [0.1, 0.15) is 44.6 Å². The van der Waals surface area contributed by atoms with Crippen molar-refractivity contribution in [2.45, 2.75) is 47.1 Å². The lowest BCUT2D eigenvalue weighted by atomic mass is 10.1. The first-order valence-electron chi connectivity index (χ1n) is 5.14. The molecule has 0 aliphatic rings. The van der Waals surface area contributed by atoms with Crippen LogP contribution in [0.4, 0.5) is 0 Å². The van der Waals surface area contributed by atoms with Crippen LogP contribution in [0.3, 0.4) is 0 Å². The third kappa shape index (κ3) is 2.38. The largest absolute Gasteiger partial charge is 0.266 e. The van der Waals surface area contributed by atoms with Crippen LogP contribution >= 0.6 is 15.9 Å². The van der Waals surface area contributed by atoms with Crippen molar-refractivity contribution in [1.82, 2.24) is 9.78 Å². The van der Waals surface area contributed by atoms with E-state index < -0.39 is 0 Å². The Labute approximate surface area is 94.8 Å². The summed E-state index contributed by atoms with van der Waals surface area (Å²) >= 11 is 3.55. The van der Waals surface area contributed by atoms with Crippen molar-refractivity contribution in [2.75, 3.05) is 0 Å². The molecule has 2 nitrogen and oxygen atoms in total. The van der Waals surface area contributed by atoms with Gasteiger partial charge >= 0.3 is 0 Å². The quantitative estimate of drug-likeness (QED) is 0.805. The Morgan fingerprint density at radius 3 is 2.21 bits per heavy atom. The lowest BCUT2D eigenvalue weighted by molar-refractivity contribution is 0.390. The first-order valence-corrected chi connectivity index (χ1v) is 5.94. The molecule has 0 aliphatic carbocycles. The molecule has 1 unspecified atom stereocenters. The number of aryl methyl sites for hydroxylation is 1. The van der Waals surface area contributed by atoms with E-state index in [0.29, 0.717) is 12.0 Å². The van der Waals surface area contributed by atoms with Crippen LogP contribution in [0.25, 0.3) is 0 Å². The minimum Gasteiger partial charge on any atom is -0.266 e. The van der Waals surface area contributed by atoms with Gasteiger partial charge in [-0.1, -0.05) is 13.8 Å². The highest BCUT2D eigenvalue weighted by atomic mass is 79.9. The summed E-state index contributed by atoms with van der Waals surface area (Å²) in [4.78, 5) is 0. The highest BCUT2D eigenvalue weighted by molar-refractivity contribution is 9.10. The molecule has 1 atom stereocenters. The van der Waals surface area contributed by atoms with Crippen LogP contribution in [-0.4, -0.2) is 9.78 Å². The van der Waals surface area contributed by atoms with Gasteiger partial charge in [-0.3, -0.25) is 4.68 Å². The second-order valence-corrected chi connectivity index (χ2v) is 5.20. The Kier molecular flexibility index (Phi) is 3.76. The Hall–Kier alpha value is -0.310. The topological polar surface area (TPSA) is 17.8 Å². The van der Waals surface area contributed by atoms with E-state index in [1.54, 1.807) is 0 Å². The number of hydrogen-bond acceptors (Lipinski definition) is 1. The van der Waals surface area contributed by atoms with Crippen molar-refractivity contribution in [3.63, 3.8) is 0 Å². The SMILES string of the molecule is Cc1nn(C(C)CC(C)C)c(C)c1Br. The van der Waals surface area contributed by atoms with E-state index in [1.165, 1.54) is 12.1 Å². The fourth-order valence-electron chi connectivity index (χ4n) is 1.85. The monoisotopic (exact) mass is 258 g/mol. The predicted octanol–water partition coefficient (Wildman–Crippen LogP) is 3.87. The predicted molar refractivity (Wildman–Crippen MR) is 63.6 cm³/mol. The van der Waals surface area contributed by atoms with E-state index in [0.717, 1.165) is 10.2 Å². The van der Waals surface area contributed by atoms with Gasteiger partial charge in [0, 0.05) is 6.04 Å². The summed E-state index contributed by atoms with van der Waals surface area (Å²) in [5, 5.41) is 4.53. The molecule has 0 saturated heterocycles. The summed E-state index contributed by atoms with van der Waals surface area (Å²) < 4.78 is 3.27. The van der Waals surface area contributed by atoms with Gasteiger partial charge in [0.2, 0.25) is 0 Å². The van der Waals surface area contributed by atoms with Gasteiger partial charge in [-0.25, -0.2) is 0 Å². The van der Waals surface area contributed by atoms with Crippen molar-refractivity contribution >= 4 is 15.9 Å². The zero-order chi connectivity index (χ0) is 10.9. The van der Waals surface area contributed by atoms with E-state index in [-0.39, 0.29) is 0 Å². The first-order chi connectivity index (χ1) is 6.43. The maximum atomic E-state index is 4.53. The fraction of sp³-hybridized carbons (Fsp3) is 0.727. The van der Waals surface area contributed by atoms with Gasteiger partial charge in [0.15, 0.2) is 0 Å². The average molecular weight is 259 g/mol. The van der Waals surface area contributed by atoms with E-state index in [2.05, 4.69) is 53.4 Å². The first kappa shape index (κ1) is 11.8. The number of rotatable bonds is 3. The summed E-state index contributed by atoms with van der Waals surface area (Å²) in [5.74, 6) is 0.715. The lowest BCUT2D eigenvalue weighted by Crippen LogP contribution is -2.11. The Bertz CT molecular complexity index is 315. The summed E-state index contributed by atoms with van der Waals surface area (Å²) in [6.07, 6.45) is 1.18. The zero-order valence-electron chi connectivity index (χ0n) is 9.63. The van der Waals surface area contributed by atoms with Crippen molar-refractivity contribution in [2.24, 2.45) is 5.92 Å². The molecular formula is C11H19BrN2. The molecular weight excluding hydrogens is 240 g/mol. The van der Waals surface area contributed by atoms with E-state index in [4.69, 9.17) is 0 Å². The van der Waals surface area contributed by atoms with Gasteiger partial charge in [0.25, 0.3) is 0 Å². The molecule has 1 rings (SSSR count). The molecule has 1 aromatic heterocycles. The zero-order valence-corrected chi connectivity index (χ0v) is 11.2. The fourth-order valence-corrected chi connectivity index (χ4v) is 2.12. The van der Waals surface area contributed by atoms with Crippen molar-refractivity contribution in [3.05, 3.63) is 15.9 Å². The standard InChI is InChI=1S/C11H19BrN2/c1-7(2)6-8(3)14-10(5)11(12)9(4)13-14/h7-8H,6H2,1-5H3. The minimum atomic E-state index is 0.486. The van der Waals surface area contributed by atoms with Gasteiger partial charge in [-0.05, 0) is 49.0 Å². The summed E-state index contributed by atoms with van der Waals surface area (Å²) in [5.41, 5.74) is 2.31. The molecule has 14 heavy (non-hydrogen) atoms. The normalized spacial score (nSPS) is 13.6. The Morgan fingerprint density at radius 1 is 1.29 bits per heavy atom. The molecule has 0 bridgehead atoms. The van der Waals surface area contributed by atoms with Crippen LogP contribution in [-0.2, 0) is 0 Å². The van der Waals surface area contributed by atoms with Crippen LogP contribution in [0.2, 0.25) is 0 Å². The summed E-state index contributed by atoms with van der Waals surface area (Å²) in [7, 11) is 0. The molecule has 3 heteroatoms. The van der Waals surface area contributed by atoms with Crippen LogP contribution in [0.5, 0.6) is 0 Å².